The van der Waals surface area contributed by atoms with Crippen LogP contribution in [-0.2, 0) is 4.79 Å². The summed E-state index contributed by atoms with van der Waals surface area (Å²) >= 11 is 12.0. The Morgan fingerprint density at radius 3 is 2.75 bits per heavy atom. The summed E-state index contributed by atoms with van der Waals surface area (Å²) < 4.78 is 16.5. The molecule has 0 saturated heterocycles. The summed E-state index contributed by atoms with van der Waals surface area (Å²) in [4.78, 5) is 15.9. The summed E-state index contributed by atoms with van der Waals surface area (Å²) in [6.45, 7) is 0.884. The highest BCUT2D eigenvalue weighted by molar-refractivity contribution is 6.34. The second-order valence-electron chi connectivity index (χ2n) is 4.96. The van der Waals surface area contributed by atoms with E-state index < -0.39 is 0 Å². The van der Waals surface area contributed by atoms with Crippen LogP contribution < -0.4 is 19.5 Å². The fourth-order valence-corrected chi connectivity index (χ4v) is 2.46. The third-order valence-electron chi connectivity index (χ3n) is 3.19. The first kappa shape index (κ1) is 16.7. The van der Waals surface area contributed by atoms with Crippen molar-refractivity contribution in [2.75, 3.05) is 25.1 Å². The van der Waals surface area contributed by atoms with E-state index in [2.05, 4.69) is 10.3 Å². The maximum atomic E-state index is 12.1. The quantitative estimate of drug-likeness (QED) is 0.835. The first-order chi connectivity index (χ1) is 11.6. The van der Waals surface area contributed by atoms with Gasteiger partial charge in [-0.05, 0) is 12.1 Å². The molecule has 2 aromatic rings. The molecule has 0 saturated carbocycles. The summed E-state index contributed by atoms with van der Waals surface area (Å²) in [5.41, 5.74) is 0.423. The molecule has 1 N–H and O–H groups in total. The Bertz CT molecular complexity index is 755. The van der Waals surface area contributed by atoms with Gasteiger partial charge in [0.1, 0.15) is 0 Å². The lowest BCUT2D eigenvalue weighted by atomic mass is 10.2. The van der Waals surface area contributed by atoms with Crippen molar-refractivity contribution in [1.29, 1.82) is 0 Å². The molecule has 126 valence electrons. The molecule has 0 aliphatic carbocycles. The molecule has 24 heavy (non-hydrogen) atoms. The topological polar surface area (TPSA) is 69.7 Å². The predicted molar refractivity (Wildman–Crippen MR) is 90.4 cm³/mol. The molecule has 3 rings (SSSR count). The van der Waals surface area contributed by atoms with Gasteiger partial charge in [0.2, 0.25) is 0 Å². The van der Waals surface area contributed by atoms with E-state index in [1.165, 1.54) is 6.20 Å². The number of halogens is 2. The van der Waals surface area contributed by atoms with Gasteiger partial charge in [0.25, 0.3) is 5.91 Å². The lowest BCUT2D eigenvalue weighted by Gasteiger charge is -2.13. The summed E-state index contributed by atoms with van der Waals surface area (Å²) in [6.07, 6.45) is 2.32. The molecule has 1 aromatic heterocycles. The van der Waals surface area contributed by atoms with Crippen molar-refractivity contribution in [1.82, 2.24) is 4.98 Å². The molecule has 0 atom stereocenters. The molecular formula is C16H14Cl2N2O4. The van der Waals surface area contributed by atoms with Gasteiger partial charge in [-0.3, -0.25) is 4.79 Å². The highest BCUT2D eigenvalue weighted by Gasteiger charge is 2.16. The molecule has 0 spiro atoms. The van der Waals surface area contributed by atoms with Gasteiger partial charge in [0.15, 0.2) is 29.0 Å². The summed E-state index contributed by atoms with van der Waals surface area (Å²) in [5, 5.41) is 3.22. The summed E-state index contributed by atoms with van der Waals surface area (Å²) in [5.74, 6) is 1.06. The number of benzene rings is 1. The first-order valence-electron chi connectivity index (χ1n) is 7.26. The number of anilines is 1. The monoisotopic (exact) mass is 368 g/mol. The van der Waals surface area contributed by atoms with Crippen LogP contribution in [0.5, 0.6) is 17.2 Å². The summed E-state index contributed by atoms with van der Waals surface area (Å²) in [7, 11) is 0. The van der Waals surface area contributed by atoms with Crippen LogP contribution in [0.3, 0.4) is 0 Å². The van der Waals surface area contributed by atoms with Gasteiger partial charge in [-0.1, -0.05) is 23.2 Å². The zero-order valence-corrected chi connectivity index (χ0v) is 14.1. The molecule has 1 aliphatic rings. The van der Waals surface area contributed by atoms with Crippen molar-refractivity contribution in [3.63, 3.8) is 0 Å². The molecular weight excluding hydrogens is 355 g/mol. The maximum absolute atomic E-state index is 12.1. The number of aromatic nitrogens is 1. The van der Waals surface area contributed by atoms with Gasteiger partial charge >= 0.3 is 0 Å². The molecule has 0 radical (unpaired) electrons. The number of rotatable bonds is 4. The molecule has 0 bridgehead atoms. The largest absolute Gasteiger partial charge is 0.490 e. The smallest absolute Gasteiger partial charge is 0.262 e. The van der Waals surface area contributed by atoms with Gasteiger partial charge < -0.3 is 19.5 Å². The van der Waals surface area contributed by atoms with Crippen LogP contribution in [0.4, 0.5) is 5.69 Å². The van der Waals surface area contributed by atoms with E-state index in [1.54, 1.807) is 24.3 Å². The number of pyridine rings is 1. The van der Waals surface area contributed by atoms with Crippen molar-refractivity contribution >= 4 is 34.8 Å². The number of carbonyl (C=O) groups excluding carboxylic acids is 1. The lowest BCUT2D eigenvalue weighted by molar-refractivity contribution is -0.118. The minimum atomic E-state index is -0.383. The van der Waals surface area contributed by atoms with Gasteiger partial charge in [-0.25, -0.2) is 4.98 Å². The third kappa shape index (κ3) is 4.01. The van der Waals surface area contributed by atoms with E-state index in [0.29, 0.717) is 41.2 Å². The van der Waals surface area contributed by atoms with Crippen LogP contribution in [0.2, 0.25) is 10.2 Å². The molecule has 1 aromatic carbocycles. The van der Waals surface area contributed by atoms with Gasteiger partial charge in [0.05, 0.1) is 23.9 Å². The predicted octanol–water partition coefficient (Wildman–Crippen LogP) is 3.57. The second kappa shape index (κ2) is 7.59. The number of ether oxygens (including phenoxy) is 3. The zero-order valence-electron chi connectivity index (χ0n) is 12.6. The van der Waals surface area contributed by atoms with Crippen molar-refractivity contribution < 1.29 is 19.0 Å². The fraction of sp³-hybridized carbons (Fsp3) is 0.250. The Labute approximate surface area is 148 Å². The molecule has 6 nitrogen and oxygen atoms in total. The highest BCUT2D eigenvalue weighted by atomic mass is 35.5. The second-order valence-corrected chi connectivity index (χ2v) is 5.72. The average Bonchev–Trinajstić information content (AvgIpc) is 2.79. The molecule has 0 fully saturated rings. The van der Waals surface area contributed by atoms with Crippen LogP contribution in [-0.4, -0.2) is 30.7 Å². The summed E-state index contributed by atoms with van der Waals surface area (Å²) in [6, 6.07) is 6.55. The molecule has 0 unspecified atom stereocenters. The molecule has 1 aliphatic heterocycles. The van der Waals surface area contributed by atoms with Crippen molar-refractivity contribution in [3.05, 3.63) is 40.6 Å². The fourth-order valence-electron chi connectivity index (χ4n) is 2.09. The van der Waals surface area contributed by atoms with Gasteiger partial charge in [0, 0.05) is 24.8 Å². The average molecular weight is 369 g/mol. The maximum Gasteiger partial charge on any atom is 0.262 e. The van der Waals surface area contributed by atoms with Gasteiger partial charge in [-0.15, -0.1) is 0 Å². The Kier molecular flexibility index (Phi) is 5.27. The zero-order chi connectivity index (χ0) is 16.9. The molecule has 2 heterocycles. The van der Waals surface area contributed by atoms with E-state index in [9.17, 15) is 4.79 Å². The van der Waals surface area contributed by atoms with Gasteiger partial charge in [-0.2, -0.15) is 0 Å². The van der Waals surface area contributed by atoms with E-state index >= 15 is 0 Å². The lowest BCUT2D eigenvalue weighted by Crippen LogP contribution is -2.20. The van der Waals surface area contributed by atoms with E-state index in [0.717, 1.165) is 6.42 Å². The number of fused-ring (bicyclic) bond motifs is 1. The van der Waals surface area contributed by atoms with Crippen LogP contribution in [0.15, 0.2) is 30.5 Å². The van der Waals surface area contributed by atoms with Crippen molar-refractivity contribution in [2.24, 2.45) is 0 Å². The van der Waals surface area contributed by atoms with Crippen LogP contribution in [0.1, 0.15) is 6.42 Å². The Morgan fingerprint density at radius 1 is 1.25 bits per heavy atom. The minimum Gasteiger partial charge on any atom is -0.490 e. The third-order valence-corrected chi connectivity index (χ3v) is 3.79. The van der Waals surface area contributed by atoms with E-state index in [-0.39, 0.29) is 17.7 Å². The van der Waals surface area contributed by atoms with Crippen LogP contribution >= 0.6 is 23.2 Å². The van der Waals surface area contributed by atoms with Crippen molar-refractivity contribution in [3.8, 4) is 17.2 Å². The highest BCUT2D eigenvalue weighted by Crippen LogP contribution is 2.37. The number of hydrogen-bond donors (Lipinski definition) is 1. The number of hydrogen-bond acceptors (Lipinski definition) is 5. The molecule has 1 amide bonds. The van der Waals surface area contributed by atoms with E-state index in [1.807, 2.05) is 0 Å². The molecule has 8 heteroatoms. The van der Waals surface area contributed by atoms with Crippen molar-refractivity contribution in [2.45, 2.75) is 6.42 Å². The Morgan fingerprint density at radius 2 is 2.00 bits per heavy atom. The number of nitrogens with one attached hydrogen (secondary N) is 1. The van der Waals surface area contributed by atoms with E-state index in [4.69, 9.17) is 37.4 Å². The number of carbonyl (C=O) groups is 1. The number of amides is 1. The van der Waals surface area contributed by atoms with Crippen LogP contribution in [0, 0.1) is 0 Å². The SMILES string of the molecule is O=C(COc1cccnc1Cl)Nc1cc2c(cc1Cl)OCCCO2. The Hall–Kier alpha value is -2.18. The number of nitrogens with zero attached hydrogens (tertiary/aromatic N) is 1. The Balaban J connectivity index is 1.66. The van der Waals surface area contributed by atoms with Crippen LogP contribution in [0.25, 0.3) is 0 Å². The standard InChI is InChI=1S/C16H14Cl2N2O4/c17-10-7-13-14(23-6-2-5-22-13)8-11(10)20-15(21)9-24-12-3-1-4-19-16(12)18/h1,3-4,7-8H,2,5-6,9H2,(H,20,21). The minimum absolute atomic E-state index is 0.193. The first-order valence-corrected chi connectivity index (χ1v) is 8.01. The normalized spacial score (nSPS) is 13.1.